The molecule has 1 atom stereocenters. The number of rotatable bonds is 4. The number of carbonyl (C=O) groups is 3. The minimum Gasteiger partial charge on any atom is -0.324 e. The van der Waals surface area contributed by atoms with Crippen LogP contribution in [0.3, 0.4) is 0 Å². The number of thioether (sulfide) groups is 1. The zero-order valence-corrected chi connectivity index (χ0v) is 19.4. The summed E-state index contributed by atoms with van der Waals surface area (Å²) in [4.78, 5) is 40.4. The molecule has 31 heavy (non-hydrogen) atoms. The first-order valence-corrected chi connectivity index (χ1v) is 11.7. The van der Waals surface area contributed by atoms with Crippen LogP contribution in [0.25, 0.3) is 0 Å². The second-order valence-electron chi connectivity index (χ2n) is 8.30. The van der Waals surface area contributed by atoms with E-state index in [9.17, 15) is 14.4 Å². The lowest BCUT2D eigenvalue weighted by Gasteiger charge is -2.23. The van der Waals surface area contributed by atoms with Crippen molar-refractivity contribution in [3.63, 3.8) is 0 Å². The molecular formula is C22H24N4O3S2. The van der Waals surface area contributed by atoms with Gasteiger partial charge in [0.25, 0.3) is 5.91 Å². The molecule has 1 aromatic heterocycles. The van der Waals surface area contributed by atoms with Crippen molar-refractivity contribution in [1.82, 2.24) is 4.90 Å². The molecule has 2 aromatic rings. The van der Waals surface area contributed by atoms with Crippen LogP contribution in [0.15, 0.2) is 30.3 Å². The molecule has 0 radical (unpaired) electrons. The van der Waals surface area contributed by atoms with Crippen LogP contribution in [0, 0.1) is 23.7 Å². The smallest absolute Gasteiger partial charge is 0.265 e. The summed E-state index contributed by atoms with van der Waals surface area (Å²) in [7, 11) is 0. The van der Waals surface area contributed by atoms with Gasteiger partial charge in [-0.05, 0) is 42.8 Å². The highest BCUT2D eigenvalue weighted by Crippen LogP contribution is 2.32. The van der Waals surface area contributed by atoms with Crippen LogP contribution in [0.5, 0.6) is 0 Å². The summed E-state index contributed by atoms with van der Waals surface area (Å²) in [6.07, 6.45) is 0. The molecule has 9 heteroatoms. The number of benzene rings is 1. The van der Waals surface area contributed by atoms with Crippen LogP contribution in [0.1, 0.15) is 41.6 Å². The first kappa shape index (κ1) is 22.8. The number of thiophene rings is 1. The second kappa shape index (κ2) is 9.12. The number of nitriles is 1. The maximum atomic E-state index is 13.2. The second-order valence-corrected chi connectivity index (χ2v) is 10.3. The zero-order valence-electron chi connectivity index (χ0n) is 17.8. The van der Waals surface area contributed by atoms with E-state index in [1.165, 1.54) is 23.1 Å². The Balaban J connectivity index is 1.72. The zero-order chi connectivity index (χ0) is 22.8. The molecule has 1 aliphatic rings. The number of hydrogen-bond acceptors (Lipinski definition) is 6. The summed E-state index contributed by atoms with van der Waals surface area (Å²) in [6.45, 7) is 7.31. The number of nitrogens with zero attached hydrogens (tertiary/aromatic N) is 2. The van der Waals surface area contributed by atoms with Crippen LogP contribution in [0.2, 0.25) is 0 Å². The summed E-state index contributed by atoms with van der Waals surface area (Å²) in [6, 6.07) is 9.82. The van der Waals surface area contributed by atoms with Crippen LogP contribution in [-0.2, 0) is 9.59 Å². The van der Waals surface area contributed by atoms with Gasteiger partial charge in [-0.15, -0.1) is 23.1 Å². The largest absolute Gasteiger partial charge is 0.324 e. The molecule has 0 bridgehead atoms. The van der Waals surface area contributed by atoms with Crippen molar-refractivity contribution < 1.29 is 14.4 Å². The summed E-state index contributed by atoms with van der Waals surface area (Å²) < 4.78 is 0. The van der Waals surface area contributed by atoms with E-state index < -0.39 is 11.5 Å². The van der Waals surface area contributed by atoms with E-state index in [0.29, 0.717) is 32.8 Å². The van der Waals surface area contributed by atoms with Crippen molar-refractivity contribution in [1.29, 1.82) is 5.26 Å². The monoisotopic (exact) mass is 456 g/mol. The number of carbonyl (C=O) groups excluding carboxylic acids is 3. The van der Waals surface area contributed by atoms with Crippen LogP contribution in [0.4, 0.5) is 10.7 Å². The van der Waals surface area contributed by atoms with E-state index in [-0.39, 0.29) is 17.7 Å². The summed E-state index contributed by atoms with van der Waals surface area (Å²) >= 11 is 2.75. The molecule has 3 rings (SSSR count). The van der Waals surface area contributed by atoms with Crippen molar-refractivity contribution >= 4 is 51.5 Å². The van der Waals surface area contributed by atoms with Gasteiger partial charge < -0.3 is 15.5 Å². The predicted octanol–water partition coefficient (Wildman–Crippen LogP) is 4.07. The number of nitrogens with one attached hydrogen (secondary N) is 2. The lowest BCUT2D eigenvalue weighted by atomic mass is 9.96. The van der Waals surface area contributed by atoms with Crippen LogP contribution >= 0.6 is 23.1 Å². The minimum absolute atomic E-state index is 0.121. The highest BCUT2D eigenvalue weighted by molar-refractivity contribution is 7.99. The van der Waals surface area contributed by atoms with Crippen molar-refractivity contribution in [2.24, 2.45) is 5.41 Å². The third kappa shape index (κ3) is 5.27. The first-order valence-electron chi connectivity index (χ1n) is 9.72. The minimum atomic E-state index is -0.595. The molecule has 0 saturated carbocycles. The maximum Gasteiger partial charge on any atom is 0.265 e. The Morgan fingerprint density at radius 3 is 2.45 bits per heavy atom. The molecule has 1 fully saturated rings. The predicted molar refractivity (Wildman–Crippen MR) is 124 cm³/mol. The SMILES string of the molecule is Cc1cc(NC(=O)C(C)(C)C)sc1C(=O)N1CSCC1C(=O)Nc1ccc(C#N)cc1. The molecule has 0 aliphatic carbocycles. The highest BCUT2D eigenvalue weighted by atomic mass is 32.2. The van der Waals surface area contributed by atoms with Gasteiger partial charge in [-0.1, -0.05) is 20.8 Å². The van der Waals surface area contributed by atoms with Gasteiger partial charge in [0.15, 0.2) is 0 Å². The summed E-state index contributed by atoms with van der Waals surface area (Å²) in [5.74, 6) is 0.323. The Kier molecular flexibility index (Phi) is 6.72. The molecule has 1 aliphatic heterocycles. The topological polar surface area (TPSA) is 102 Å². The van der Waals surface area contributed by atoms with Gasteiger partial charge in [-0.25, -0.2) is 0 Å². The molecule has 0 spiro atoms. The van der Waals surface area contributed by atoms with Crippen molar-refractivity contribution in [2.75, 3.05) is 22.3 Å². The summed E-state index contributed by atoms with van der Waals surface area (Å²) in [5.41, 5.74) is 1.31. The number of anilines is 2. The van der Waals surface area contributed by atoms with E-state index in [1.807, 2.05) is 33.8 Å². The molecule has 1 unspecified atom stereocenters. The van der Waals surface area contributed by atoms with E-state index in [4.69, 9.17) is 5.26 Å². The Bertz CT molecular complexity index is 1050. The van der Waals surface area contributed by atoms with Gasteiger partial charge >= 0.3 is 0 Å². The third-order valence-electron chi connectivity index (χ3n) is 4.76. The van der Waals surface area contributed by atoms with E-state index >= 15 is 0 Å². The highest BCUT2D eigenvalue weighted by Gasteiger charge is 2.36. The average molecular weight is 457 g/mol. The quantitative estimate of drug-likeness (QED) is 0.722. The van der Waals surface area contributed by atoms with Gasteiger partial charge in [0, 0.05) is 16.9 Å². The van der Waals surface area contributed by atoms with E-state index in [2.05, 4.69) is 10.6 Å². The van der Waals surface area contributed by atoms with Crippen LogP contribution in [-0.4, -0.2) is 40.3 Å². The normalized spacial score (nSPS) is 16.0. The first-order chi connectivity index (χ1) is 14.6. The van der Waals surface area contributed by atoms with Crippen molar-refractivity contribution in [3.8, 4) is 6.07 Å². The Morgan fingerprint density at radius 1 is 1.16 bits per heavy atom. The lowest BCUT2D eigenvalue weighted by molar-refractivity contribution is -0.123. The molecule has 1 aromatic carbocycles. The number of hydrogen-bond donors (Lipinski definition) is 2. The van der Waals surface area contributed by atoms with Gasteiger partial charge in [-0.2, -0.15) is 5.26 Å². The molecule has 3 amide bonds. The molecule has 162 valence electrons. The van der Waals surface area contributed by atoms with Gasteiger partial charge in [0.2, 0.25) is 11.8 Å². The molecule has 1 saturated heterocycles. The molecule has 2 N–H and O–H groups in total. The van der Waals surface area contributed by atoms with Crippen molar-refractivity contribution in [2.45, 2.75) is 33.7 Å². The molecule has 2 heterocycles. The molecular weight excluding hydrogens is 432 g/mol. The number of amides is 3. The maximum absolute atomic E-state index is 13.2. The van der Waals surface area contributed by atoms with Crippen LogP contribution < -0.4 is 10.6 Å². The Hall–Kier alpha value is -2.83. The fourth-order valence-corrected chi connectivity index (χ4v) is 5.08. The lowest BCUT2D eigenvalue weighted by Crippen LogP contribution is -2.44. The Labute approximate surface area is 189 Å². The van der Waals surface area contributed by atoms with Gasteiger partial charge in [-0.3, -0.25) is 14.4 Å². The third-order valence-corrected chi connectivity index (χ3v) is 6.91. The summed E-state index contributed by atoms with van der Waals surface area (Å²) in [5, 5.41) is 15.2. The van der Waals surface area contributed by atoms with Gasteiger partial charge in [0.1, 0.15) is 6.04 Å². The fraction of sp³-hybridized carbons (Fsp3) is 0.364. The Morgan fingerprint density at radius 2 is 1.84 bits per heavy atom. The molecule has 7 nitrogen and oxygen atoms in total. The van der Waals surface area contributed by atoms with E-state index in [0.717, 1.165) is 5.56 Å². The van der Waals surface area contributed by atoms with Gasteiger partial charge in [0.05, 0.1) is 27.4 Å². The average Bonchev–Trinajstić information content (AvgIpc) is 3.34. The van der Waals surface area contributed by atoms with Crippen molar-refractivity contribution in [3.05, 3.63) is 46.3 Å². The number of aryl methyl sites for hydroxylation is 1. The fourth-order valence-electron chi connectivity index (χ4n) is 2.90. The standard InChI is InChI=1S/C22H24N4O3S2/c1-13-9-17(25-21(29)22(2,3)4)31-18(13)20(28)26-12-30-11-16(26)19(27)24-15-7-5-14(10-23)6-8-15/h5-9,16H,11-12H2,1-4H3,(H,24,27)(H,25,29). The van der Waals surface area contributed by atoms with E-state index in [1.54, 1.807) is 35.2 Å².